The van der Waals surface area contributed by atoms with Gasteiger partial charge in [-0.25, -0.2) is 5.84 Å². The normalized spacial score (nSPS) is 10.9. The van der Waals surface area contributed by atoms with Crippen LogP contribution in [0.5, 0.6) is 0 Å². The van der Waals surface area contributed by atoms with Crippen molar-refractivity contribution in [2.75, 3.05) is 13.1 Å². The van der Waals surface area contributed by atoms with Crippen LogP contribution in [0.4, 0.5) is 0 Å². The van der Waals surface area contributed by atoms with E-state index in [1.807, 2.05) is 29.2 Å². The molecule has 2 amide bonds. The summed E-state index contributed by atoms with van der Waals surface area (Å²) in [7, 11) is 0. The average Bonchev–Trinajstić information content (AvgIpc) is 2.39. The SMILES string of the molecule is CC(C)CN(CC(N)=O)Cc1ccc(CC(=O)NN)cc1. The van der Waals surface area contributed by atoms with Crippen molar-refractivity contribution in [3.05, 3.63) is 35.4 Å². The Morgan fingerprint density at radius 1 is 1.19 bits per heavy atom. The van der Waals surface area contributed by atoms with Crippen LogP contribution in [0.3, 0.4) is 0 Å². The van der Waals surface area contributed by atoms with Crippen LogP contribution in [0.15, 0.2) is 24.3 Å². The molecule has 0 aromatic heterocycles. The van der Waals surface area contributed by atoms with Gasteiger partial charge < -0.3 is 5.73 Å². The summed E-state index contributed by atoms with van der Waals surface area (Å²) < 4.78 is 0. The van der Waals surface area contributed by atoms with Gasteiger partial charge in [-0.05, 0) is 17.0 Å². The second-order valence-corrected chi connectivity index (χ2v) is 5.59. The molecule has 0 atom stereocenters. The first-order valence-electron chi connectivity index (χ1n) is 6.98. The molecule has 0 bridgehead atoms. The zero-order valence-electron chi connectivity index (χ0n) is 12.6. The first-order chi connectivity index (χ1) is 9.90. The highest BCUT2D eigenvalue weighted by atomic mass is 16.2. The molecule has 6 nitrogen and oxygen atoms in total. The number of rotatable bonds is 8. The molecular formula is C15H24N4O2. The molecule has 1 rings (SSSR count). The van der Waals surface area contributed by atoms with Gasteiger partial charge in [0.15, 0.2) is 0 Å². The van der Waals surface area contributed by atoms with Gasteiger partial charge in [0.1, 0.15) is 0 Å². The lowest BCUT2D eigenvalue weighted by Crippen LogP contribution is -2.35. The van der Waals surface area contributed by atoms with Crippen molar-refractivity contribution in [3.63, 3.8) is 0 Å². The first kappa shape index (κ1) is 17.1. The van der Waals surface area contributed by atoms with Crippen LogP contribution >= 0.6 is 0 Å². The molecule has 1 aromatic carbocycles. The van der Waals surface area contributed by atoms with E-state index in [4.69, 9.17) is 11.6 Å². The maximum atomic E-state index is 11.2. The minimum Gasteiger partial charge on any atom is -0.369 e. The third-order valence-corrected chi connectivity index (χ3v) is 2.96. The number of nitrogens with zero attached hydrogens (tertiary/aromatic N) is 1. The lowest BCUT2D eigenvalue weighted by molar-refractivity contribution is -0.121. The van der Waals surface area contributed by atoms with Gasteiger partial charge in [0, 0.05) is 13.1 Å². The summed E-state index contributed by atoms with van der Waals surface area (Å²) >= 11 is 0. The highest BCUT2D eigenvalue weighted by Gasteiger charge is 2.11. The van der Waals surface area contributed by atoms with E-state index in [2.05, 4.69) is 19.3 Å². The van der Waals surface area contributed by atoms with Crippen LogP contribution in [0.2, 0.25) is 0 Å². The number of hydrogen-bond donors (Lipinski definition) is 3. The molecule has 116 valence electrons. The molecule has 6 heteroatoms. The molecular weight excluding hydrogens is 268 g/mol. The Bertz CT molecular complexity index is 471. The molecule has 0 aliphatic heterocycles. The maximum Gasteiger partial charge on any atom is 0.238 e. The van der Waals surface area contributed by atoms with Crippen LogP contribution in [-0.2, 0) is 22.6 Å². The molecule has 5 N–H and O–H groups in total. The van der Waals surface area contributed by atoms with Crippen molar-refractivity contribution >= 4 is 11.8 Å². The number of nitrogens with two attached hydrogens (primary N) is 2. The fraction of sp³-hybridized carbons (Fsp3) is 0.467. The largest absolute Gasteiger partial charge is 0.369 e. The Morgan fingerprint density at radius 3 is 2.24 bits per heavy atom. The fourth-order valence-electron chi connectivity index (χ4n) is 2.18. The summed E-state index contributed by atoms with van der Waals surface area (Å²) in [5, 5.41) is 0. The van der Waals surface area contributed by atoms with Crippen molar-refractivity contribution in [2.24, 2.45) is 17.5 Å². The number of benzene rings is 1. The molecule has 0 aliphatic rings. The fourth-order valence-corrected chi connectivity index (χ4v) is 2.18. The van der Waals surface area contributed by atoms with Crippen molar-refractivity contribution in [2.45, 2.75) is 26.8 Å². The monoisotopic (exact) mass is 292 g/mol. The molecule has 0 fully saturated rings. The Labute approximate surface area is 125 Å². The molecule has 21 heavy (non-hydrogen) atoms. The number of amides is 2. The number of carbonyl (C=O) groups is 2. The van der Waals surface area contributed by atoms with Crippen LogP contribution < -0.4 is 17.0 Å². The summed E-state index contributed by atoms with van der Waals surface area (Å²) in [6.45, 7) is 5.91. The minimum absolute atomic E-state index is 0.224. The van der Waals surface area contributed by atoms with Gasteiger partial charge in [0.05, 0.1) is 13.0 Å². The highest BCUT2D eigenvalue weighted by Crippen LogP contribution is 2.10. The predicted octanol–water partition coefficient (Wildman–Crippen LogP) is 0.162. The lowest BCUT2D eigenvalue weighted by Gasteiger charge is -2.22. The van der Waals surface area contributed by atoms with Gasteiger partial charge in [0.25, 0.3) is 0 Å². The zero-order valence-corrected chi connectivity index (χ0v) is 12.6. The lowest BCUT2D eigenvalue weighted by atomic mass is 10.1. The summed E-state index contributed by atoms with van der Waals surface area (Å²) in [6.07, 6.45) is 0.258. The Hall–Kier alpha value is -1.92. The molecule has 0 saturated carbocycles. The van der Waals surface area contributed by atoms with Crippen LogP contribution in [0, 0.1) is 5.92 Å². The van der Waals surface area contributed by atoms with E-state index in [0.29, 0.717) is 12.5 Å². The summed E-state index contributed by atoms with van der Waals surface area (Å²) in [5.74, 6) is 4.96. The van der Waals surface area contributed by atoms with E-state index in [1.54, 1.807) is 0 Å². The Morgan fingerprint density at radius 2 is 1.76 bits per heavy atom. The predicted molar refractivity (Wildman–Crippen MR) is 81.8 cm³/mol. The quantitative estimate of drug-likeness (QED) is 0.361. The van der Waals surface area contributed by atoms with Crippen LogP contribution in [-0.4, -0.2) is 29.8 Å². The number of carbonyl (C=O) groups excluding carboxylic acids is 2. The number of hydrogen-bond acceptors (Lipinski definition) is 4. The standard InChI is InChI=1S/C15H24N4O2/c1-11(2)8-19(10-14(16)20)9-13-5-3-12(4-6-13)7-15(21)18-17/h3-6,11H,7-10,17H2,1-2H3,(H2,16,20)(H,18,21). The summed E-state index contributed by atoms with van der Waals surface area (Å²) in [6, 6.07) is 7.69. The zero-order chi connectivity index (χ0) is 15.8. The topological polar surface area (TPSA) is 101 Å². The third kappa shape index (κ3) is 6.87. The van der Waals surface area contributed by atoms with Gasteiger partial charge in [-0.3, -0.25) is 19.9 Å². The van der Waals surface area contributed by atoms with E-state index in [-0.39, 0.29) is 24.8 Å². The van der Waals surface area contributed by atoms with E-state index < -0.39 is 0 Å². The highest BCUT2D eigenvalue weighted by molar-refractivity contribution is 5.77. The molecule has 0 spiro atoms. The van der Waals surface area contributed by atoms with Crippen molar-refractivity contribution in [1.82, 2.24) is 10.3 Å². The Balaban J connectivity index is 2.66. The van der Waals surface area contributed by atoms with Crippen molar-refractivity contribution in [1.29, 1.82) is 0 Å². The second-order valence-electron chi connectivity index (χ2n) is 5.59. The second kappa shape index (κ2) is 8.39. The third-order valence-electron chi connectivity index (χ3n) is 2.96. The average molecular weight is 292 g/mol. The van der Waals surface area contributed by atoms with E-state index >= 15 is 0 Å². The number of nitrogens with one attached hydrogen (secondary N) is 1. The van der Waals surface area contributed by atoms with Gasteiger partial charge in [-0.1, -0.05) is 38.1 Å². The molecule has 0 radical (unpaired) electrons. The number of hydrazine groups is 1. The van der Waals surface area contributed by atoms with Gasteiger partial charge in [0.2, 0.25) is 11.8 Å². The summed E-state index contributed by atoms with van der Waals surface area (Å²) in [4.78, 5) is 24.3. The maximum absolute atomic E-state index is 11.2. The van der Waals surface area contributed by atoms with Crippen LogP contribution in [0.1, 0.15) is 25.0 Å². The van der Waals surface area contributed by atoms with Gasteiger partial charge in [-0.2, -0.15) is 0 Å². The van der Waals surface area contributed by atoms with E-state index in [1.165, 1.54) is 0 Å². The van der Waals surface area contributed by atoms with E-state index in [9.17, 15) is 9.59 Å². The van der Waals surface area contributed by atoms with Gasteiger partial charge >= 0.3 is 0 Å². The minimum atomic E-state index is -0.327. The first-order valence-corrected chi connectivity index (χ1v) is 6.98. The smallest absolute Gasteiger partial charge is 0.238 e. The van der Waals surface area contributed by atoms with Crippen molar-refractivity contribution in [3.8, 4) is 0 Å². The van der Waals surface area contributed by atoms with Crippen molar-refractivity contribution < 1.29 is 9.59 Å². The molecule has 0 heterocycles. The number of primary amides is 1. The van der Waals surface area contributed by atoms with Gasteiger partial charge in [-0.15, -0.1) is 0 Å². The van der Waals surface area contributed by atoms with E-state index in [0.717, 1.165) is 17.7 Å². The Kier molecular flexibility index (Phi) is 6.84. The molecule has 1 aromatic rings. The molecule has 0 saturated heterocycles. The summed E-state index contributed by atoms with van der Waals surface area (Å²) in [5.41, 5.74) is 9.36. The molecule has 0 aliphatic carbocycles. The molecule has 0 unspecified atom stereocenters. The van der Waals surface area contributed by atoms with Crippen LogP contribution in [0.25, 0.3) is 0 Å².